The lowest BCUT2D eigenvalue weighted by Gasteiger charge is -2.25. The number of piperidine rings is 1. The number of ether oxygens (including phenoxy) is 1. The molecule has 1 aromatic heterocycles. The molecule has 25 heavy (non-hydrogen) atoms. The summed E-state index contributed by atoms with van der Waals surface area (Å²) in [6, 6.07) is 3.92. The lowest BCUT2D eigenvalue weighted by molar-refractivity contribution is 0.0600. The summed E-state index contributed by atoms with van der Waals surface area (Å²) in [6.45, 7) is 10.4. The van der Waals surface area contributed by atoms with Crippen LogP contribution in [0.2, 0.25) is 0 Å². The number of nitrogens with zero attached hydrogens (tertiary/aromatic N) is 3. The predicted molar refractivity (Wildman–Crippen MR) is 99.8 cm³/mol. The first-order chi connectivity index (χ1) is 12.0. The summed E-state index contributed by atoms with van der Waals surface area (Å²) in [4.78, 5) is 14.6. The summed E-state index contributed by atoms with van der Waals surface area (Å²) in [5.74, 6) is 0.210. The van der Waals surface area contributed by atoms with Gasteiger partial charge in [0, 0.05) is 18.5 Å². The monoisotopic (exact) mass is 343 g/mol. The molecule has 0 saturated carbocycles. The van der Waals surface area contributed by atoms with Crippen LogP contribution < -0.4 is 0 Å². The molecule has 5 nitrogen and oxygen atoms in total. The number of esters is 1. The van der Waals surface area contributed by atoms with E-state index in [0.29, 0.717) is 11.5 Å². The van der Waals surface area contributed by atoms with Crippen molar-refractivity contribution in [2.24, 2.45) is 5.92 Å². The Hall–Kier alpha value is -1.88. The Kier molecular flexibility index (Phi) is 5.42. The van der Waals surface area contributed by atoms with Crippen molar-refractivity contribution in [2.45, 2.75) is 53.1 Å². The average molecular weight is 343 g/mol. The number of rotatable bonds is 5. The third kappa shape index (κ3) is 3.71. The molecule has 1 fully saturated rings. The van der Waals surface area contributed by atoms with E-state index in [1.165, 1.54) is 26.4 Å². The van der Waals surface area contributed by atoms with Crippen molar-refractivity contribution < 1.29 is 9.53 Å². The van der Waals surface area contributed by atoms with Crippen molar-refractivity contribution in [3.05, 3.63) is 29.0 Å². The zero-order valence-corrected chi connectivity index (χ0v) is 15.8. The fourth-order valence-corrected chi connectivity index (χ4v) is 3.77. The van der Waals surface area contributed by atoms with Gasteiger partial charge < -0.3 is 4.74 Å². The number of benzene rings is 1. The minimum Gasteiger partial charge on any atom is -0.465 e. The standard InChI is InChI=1S/C20H29N3O2/c1-14(2)12-23-19-15(3)16(20(24)25-4)8-9-17(19)18(21-23)13-22-10-6-5-7-11-22/h8-9,14H,5-7,10-13H2,1-4H3. The zero-order chi connectivity index (χ0) is 18.0. The smallest absolute Gasteiger partial charge is 0.338 e. The number of likely N-dealkylation sites (tertiary alicyclic amines) is 1. The molecule has 2 heterocycles. The Morgan fingerprint density at radius 2 is 1.96 bits per heavy atom. The van der Waals surface area contributed by atoms with E-state index < -0.39 is 0 Å². The summed E-state index contributed by atoms with van der Waals surface area (Å²) in [6.07, 6.45) is 3.88. The van der Waals surface area contributed by atoms with Crippen LogP contribution in [0.1, 0.15) is 54.7 Å². The topological polar surface area (TPSA) is 47.4 Å². The second-order valence-electron chi connectivity index (χ2n) is 7.49. The zero-order valence-electron chi connectivity index (χ0n) is 15.8. The number of aromatic nitrogens is 2. The molecule has 0 spiro atoms. The van der Waals surface area contributed by atoms with Gasteiger partial charge in [-0.15, -0.1) is 0 Å². The molecule has 0 radical (unpaired) electrons. The van der Waals surface area contributed by atoms with Crippen molar-refractivity contribution in [2.75, 3.05) is 20.2 Å². The van der Waals surface area contributed by atoms with E-state index in [4.69, 9.17) is 9.84 Å². The van der Waals surface area contributed by atoms with E-state index in [2.05, 4.69) is 23.4 Å². The Morgan fingerprint density at radius 3 is 2.60 bits per heavy atom. The van der Waals surface area contributed by atoms with Gasteiger partial charge in [0.2, 0.25) is 0 Å². The summed E-state index contributed by atoms with van der Waals surface area (Å²) in [5.41, 5.74) is 3.78. The molecule has 0 aliphatic carbocycles. The first-order valence-corrected chi connectivity index (χ1v) is 9.31. The van der Waals surface area contributed by atoms with Gasteiger partial charge in [-0.2, -0.15) is 5.10 Å². The molecule has 0 amide bonds. The van der Waals surface area contributed by atoms with Gasteiger partial charge in [-0.05, 0) is 56.5 Å². The van der Waals surface area contributed by atoms with Gasteiger partial charge in [0.1, 0.15) is 0 Å². The van der Waals surface area contributed by atoms with Crippen LogP contribution in [0.3, 0.4) is 0 Å². The Bertz CT molecular complexity index is 758. The van der Waals surface area contributed by atoms with E-state index in [9.17, 15) is 4.79 Å². The number of carbonyl (C=O) groups is 1. The number of fused-ring (bicyclic) bond motifs is 1. The number of hydrogen-bond donors (Lipinski definition) is 0. The van der Waals surface area contributed by atoms with Crippen molar-refractivity contribution in [3.63, 3.8) is 0 Å². The molecule has 1 aromatic carbocycles. The molecule has 0 atom stereocenters. The van der Waals surface area contributed by atoms with Crippen molar-refractivity contribution in [1.82, 2.24) is 14.7 Å². The number of aryl methyl sites for hydroxylation is 1. The predicted octanol–water partition coefficient (Wildman–Crippen LogP) is 3.77. The largest absolute Gasteiger partial charge is 0.465 e. The molecule has 5 heteroatoms. The van der Waals surface area contributed by atoms with Crippen LogP contribution in [0, 0.1) is 12.8 Å². The average Bonchev–Trinajstić information content (AvgIpc) is 2.93. The molecule has 1 aliphatic heterocycles. The summed E-state index contributed by atoms with van der Waals surface area (Å²) < 4.78 is 7.02. The Morgan fingerprint density at radius 1 is 1.24 bits per heavy atom. The van der Waals surface area contributed by atoms with Crippen molar-refractivity contribution >= 4 is 16.9 Å². The molecule has 0 N–H and O–H groups in total. The van der Waals surface area contributed by atoms with Crippen LogP contribution in [-0.2, 0) is 17.8 Å². The van der Waals surface area contributed by atoms with Crippen molar-refractivity contribution in [3.8, 4) is 0 Å². The highest BCUT2D eigenvalue weighted by atomic mass is 16.5. The lowest BCUT2D eigenvalue weighted by Crippen LogP contribution is -2.29. The first-order valence-electron chi connectivity index (χ1n) is 9.31. The quantitative estimate of drug-likeness (QED) is 0.775. The molecule has 3 rings (SSSR count). The van der Waals surface area contributed by atoms with Crippen LogP contribution in [0.15, 0.2) is 12.1 Å². The summed E-state index contributed by atoms with van der Waals surface area (Å²) >= 11 is 0. The second kappa shape index (κ2) is 7.56. The van der Waals surface area contributed by atoms with Gasteiger partial charge in [-0.3, -0.25) is 9.58 Å². The number of hydrogen-bond acceptors (Lipinski definition) is 4. The molecule has 0 unspecified atom stereocenters. The van der Waals surface area contributed by atoms with Gasteiger partial charge in [0.15, 0.2) is 0 Å². The maximum atomic E-state index is 12.1. The van der Waals surface area contributed by atoms with Crippen LogP contribution >= 0.6 is 0 Å². The number of methoxy groups -OCH3 is 1. The fraction of sp³-hybridized carbons (Fsp3) is 0.600. The second-order valence-corrected chi connectivity index (χ2v) is 7.49. The highest BCUT2D eigenvalue weighted by molar-refractivity contribution is 5.98. The van der Waals surface area contributed by atoms with Gasteiger partial charge in [-0.25, -0.2) is 4.79 Å². The molecular weight excluding hydrogens is 314 g/mol. The minimum absolute atomic E-state index is 0.283. The maximum absolute atomic E-state index is 12.1. The molecule has 136 valence electrons. The molecular formula is C20H29N3O2. The summed E-state index contributed by atoms with van der Waals surface area (Å²) in [7, 11) is 1.43. The number of carbonyl (C=O) groups excluding carboxylic acids is 1. The fourth-order valence-electron chi connectivity index (χ4n) is 3.77. The minimum atomic E-state index is -0.283. The third-order valence-corrected chi connectivity index (χ3v) is 5.01. The van der Waals surface area contributed by atoms with Gasteiger partial charge in [0.25, 0.3) is 0 Å². The maximum Gasteiger partial charge on any atom is 0.338 e. The third-order valence-electron chi connectivity index (χ3n) is 5.01. The van der Waals surface area contributed by atoms with Gasteiger partial charge in [-0.1, -0.05) is 20.3 Å². The van der Waals surface area contributed by atoms with E-state index in [1.807, 2.05) is 19.1 Å². The van der Waals surface area contributed by atoms with Crippen molar-refractivity contribution in [1.29, 1.82) is 0 Å². The molecule has 1 aliphatic rings. The van der Waals surface area contributed by atoms with Crippen LogP contribution in [0.4, 0.5) is 0 Å². The lowest BCUT2D eigenvalue weighted by atomic mass is 10.0. The summed E-state index contributed by atoms with van der Waals surface area (Å²) in [5, 5.41) is 6.10. The van der Waals surface area contributed by atoms with E-state index in [1.54, 1.807) is 0 Å². The van der Waals surface area contributed by atoms with Crippen LogP contribution in [0.25, 0.3) is 10.9 Å². The van der Waals surface area contributed by atoms with E-state index in [0.717, 1.165) is 48.3 Å². The van der Waals surface area contributed by atoms with E-state index >= 15 is 0 Å². The molecule has 1 saturated heterocycles. The molecule has 2 aromatic rings. The van der Waals surface area contributed by atoms with Gasteiger partial charge in [0.05, 0.1) is 23.9 Å². The van der Waals surface area contributed by atoms with Crippen LogP contribution in [-0.4, -0.2) is 40.8 Å². The first kappa shape index (κ1) is 17.9. The Labute approximate surface area is 149 Å². The normalized spacial score (nSPS) is 15.9. The highest BCUT2D eigenvalue weighted by Gasteiger charge is 2.21. The Balaban J connectivity index is 2.05. The highest BCUT2D eigenvalue weighted by Crippen LogP contribution is 2.27. The van der Waals surface area contributed by atoms with E-state index in [-0.39, 0.29) is 5.97 Å². The van der Waals surface area contributed by atoms with Gasteiger partial charge >= 0.3 is 5.97 Å². The SMILES string of the molecule is COC(=O)c1ccc2c(CN3CCCCC3)nn(CC(C)C)c2c1C. The van der Waals surface area contributed by atoms with Crippen LogP contribution in [0.5, 0.6) is 0 Å². The molecule has 0 bridgehead atoms.